The highest BCUT2D eigenvalue weighted by Gasteiger charge is 2.38. The van der Waals surface area contributed by atoms with Gasteiger partial charge in [-0.1, -0.05) is 60.7 Å². The van der Waals surface area contributed by atoms with Crippen molar-refractivity contribution in [1.82, 2.24) is 10.2 Å². The van der Waals surface area contributed by atoms with Crippen LogP contribution in [0.1, 0.15) is 32.1 Å². The van der Waals surface area contributed by atoms with Crippen LogP contribution < -0.4 is 5.32 Å². The fourth-order valence-corrected chi connectivity index (χ4v) is 4.64. The smallest absolute Gasteiger partial charge is 0.303 e. The molecule has 1 atom stereocenters. The molecule has 0 spiro atoms. The van der Waals surface area contributed by atoms with Gasteiger partial charge in [-0.15, -0.1) is 6.58 Å². The number of unbranched alkanes of at least 4 members (excludes halogenated alkanes) is 2. The molecule has 1 heterocycles. The molecule has 8 heteroatoms. The summed E-state index contributed by atoms with van der Waals surface area (Å²) in [5.41, 5.74) is 0.777. The SMILES string of the molecule is C=CCN1C(=O)[C@H](CC(=O)NCCCCCC(=O)O)SC1=Nc1cccc2ccccc12. The Hall–Kier alpha value is -3.13. The summed E-state index contributed by atoms with van der Waals surface area (Å²) in [6.45, 7) is 4.54. The summed E-state index contributed by atoms with van der Waals surface area (Å²) in [6, 6.07) is 13.8. The first-order chi connectivity index (χ1) is 15.5. The van der Waals surface area contributed by atoms with Crippen LogP contribution in [-0.4, -0.2) is 51.3 Å². The highest BCUT2D eigenvalue weighted by atomic mass is 32.2. The maximum atomic E-state index is 12.9. The number of aliphatic carboxylic acids is 1. The van der Waals surface area contributed by atoms with Crippen molar-refractivity contribution >= 4 is 51.2 Å². The largest absolute Gasteiger partial charge is 0.481 e. The Morgan fingerprint density at radius 2 is 1.94 bits per heavy atom. The fraction of sp³-hybridized carbons (Fsp3) is 0.333. The van der Waals surface area contributed by atoms with Crippen LogP contribution in [0, 0.1) is 0 Å². The van der Waals surface area contributed by atoms with Gasteiger partial charge < -0.3 is 10.4 Å². The minimum absolute atomic E-state index is 0.0703. The molecule has 168 valence electrons. The zero-order chi connectivity index (χ0) is 22.9. The van der Waals surface area contributed by atoms with Crippen LogP contribution in [0.3, 0.4) is 0 Å². The molecular weight excluding hydrogens is 426 g/mol. The third-order valence-electron chi connectivity index (χ3n) is 5.07. The molecule has 0 unspecified atom stereocenters. The molecule has 2 aromatic rings. The molecule has 2 amide bonds. The first kappa shape index (κ1) is 23.5. The van der Waals surface area contributed by atoms with Crippen LogP contribution in [0.4, 0.5) is 5.69 Å². The van der Waals surface area contributed by atoms with Crippen LogP contribution >= 0.6 is 11.8 Å². The summed E-state index contributed by atoms with van der Waals surface area (Å²) in [6.07, 6.45) is 3.89. The number of carbonyl (C=O) groups is 3. The molecule has 2 aromatic carbocycles. The van der Waals surface area contributed by atoms with E-state index < -0.39 is 11.2 Å². The van der Waals surface area contributed by atoms with Crippen molar-refractivity contribution in [3.05, 3.63) is 55.1 Å². The molecule has 1 fully saturated rings. The van der Waals surface area contributed by atoms with E-state index in [4.69, 9.17) is 10.1 Å². The first-order valence-corrected chi connectivity index (χ1v) is 11.5. The number of fused-ring (bicyclic) bond motifs is 1. The average Bonchev–Trinajstić information content (AvgIpc) is 3.05. The lowest BCUT2D eigenvalue weighted by Crippen LogP contribution is -2.35. The monoisotopic (exact) mass is 453 g/mol. The highest BCUT2D eigenvalue weighted by molar-refractivity contribution is 8.15. The molecule has 0 aliphatic carbocycles. The Morgan fingerprint density at radius 1 is 1.16 bits per heavy atom. The van der Waals surface area contributed by atoms with Crippen molar-refractivity contribution in [3.63, 3.8) is 0 Å². The topological polar surface area (TPSA) is 99.1 Å². The van der Waals surface area contributed by atoms with E-state index in [1.54, 1.807) is 11.0 Å². The van der Waals surface area contributed by atoms with Crippen LogP contribution in [0.5, 0.6) is 0 Å². The molecule has 0 saturated carbocycles. The van der Waals surface area contributed by atoms with Crippen molar-refractivity contribution in [2.24, 2.45) is 4.99 Å². The Morgan fingerprint density at radius 3 is 2.72 bits per heavy atom. The Labute approximate surface area is 191 Å². The number of carbonyl (C=O) groups excluding carboxylic acids is 2. The van der Waals surface area contributed by atoms with Gasteiger partial charge in [0, 0.05) is 31.3 Å². The number of nitrogens with one attached hydrogen (secondary N) is 1. The van der Waals surface area contributed by atoms with Gasteiger partial charge in [0.2, 0.25) is 11.8 Å². The second-order valence-electron chi connectivity index (χ2n) is 7.50. The van der Waals surface area contributed by atoms with Gasteiger partial charge in [0.1, 0.15) is 5.25 Å². The van der Waals surface area contributed by atoms with E-state index in [1.165, 1.54) is 11.8 Å². The summed E-state index contributed by atoms with van der Waals surface area (Å²) in [5.74, 6) is -1.15. The lowest BCUT2D eigenvalue weighted by Gasteiger charge is -2.14. The van der Waals surface area contributed by atoms with E-state index in [-0.39, 0.29) is 24.7 Å². The van der Waals surface area contributed by atoms with Crippen molar-refractivity contribution in [1.29, 1.82) is 0 Å². The van der Waals surface area contributed by atoms with Gasteiger partial charge in [-0.2, -0.15) is 0 Å². The number of amidine groups is 1. The number of benzene rings is 2. The average molecular weight is 454 g/mol. The molecule has 2 N–H and O–H groups in total. The number of hydrogen-bond donors (Lipinski definition) is 2. The molecule has 3 rings (SSSR count). The van der Waals surface area contributed by atoms with Gasteiger partial charge in [0.05, 0.1) is 5.69 Å². The highest BCUT2D eigenvalue weighted by Crippen LogP contribution is 2.33. The van der Waals surface area contributed by atoms with Crippen LogP contribution in [-0.2, 0) is 14.4 Å². The lowest BCUT2D eigenvalue weighted by atomic mass is 10.1. The van der Waals surface area contributed by atoms with E-state index in [2.05, 4.69) is 11.9 Å². The van der Waals surface area contributed by atoms with Gasteiger partial charge in [0.15, 0.2) is 5.17 Å². The molecule has 1 aliphatic heterocycles. The normalized spacial score (nSPS) is 17.1. The number of thioether (sulfide) groups is 1. The summed E-state index contributed by atoms with van der Waals surface area (Å²) in [5, 5.41) is 13.6. The minimum atomic E-state index is -0.809. The van der Waals surface area contributed by atoms with E-state index in [1.807, 2.05) is 42.5 Å². The maximum Gasteiger partial charge on any atom is 0.303 e. The van der Waals surface area contributed by atoms with Crippen LogP contribution in [0.2, 0.25) is 0 Å². The number of rotatable bonds is 11. The zero-order valence-corrected chi connectivity index (χ0v) is 18.6. The number of amides is 2. The minimum Gasteiger partial charge on any atom is -0.481 e. The van der Waals surface area contributed by atoms with Crippen LogP contribution in [0.25, 0.3) is 10.8 Å². The quantitative estimate of drug-likeness (QED) is 0.394. The molecule has 1 saturated heterocycles. The lowest BCUT2D eigenvalue weighted by molar-refractivity contribution is -0.137. The predicted octanol–water partition coefficient (Wildman–Crippen LogP) is 4.11. The zero-order valence-electron chi connectivity index (χ0n) is 17.8. The molecular formula is C24H27N3O4S. The molecule has 0 bridgehead atoms. The molecule has 1 aliphatic rings. The third-order valence-corrected chi connectivity index (χ3v) is 6.25. The maximum absolute atomic E-state index is 12.9. The second-order valence-corrected chi connectivity index (χ2v) is 8.67. The van der Waals surface area contributed by atoms with E-state index in [9.17, 15) is 14.4 Å². The number of nitrogens with zero attached hydrogens (tertiary/aromatic N) is 2. The van der Waals surface area contributed by atoms with Crippen molar-refractivity contribution in [2.45, 2.75) is 37.4 Å². The Bertz CT molecular complexity index is 1030. The molecule has 7 nitrogen and oxygen atoms in total. The van der Waals surface area contributed by atoms with Gasteiger partial charge >= 0.3 is 5.97 Å². The fourth-order valence-electron chi connectivity index (χ4n) is 3.48. The molecule has 0 aromatic heterocycles. The molecule has 0 radical (unpaired) electrons. The number of hydrogen-bond acceptors (Lipinski definition) is 5. The van der Waals surface area contributed by atoms with Crippen molar-refractivity contribution < 1.29 is 19.5 Å². The van der Waals surface area contributed by atoms with Crippen molar-refractivity contribution in [3.8, 4) is 0 Å². The third kappa shape index (κ3) is 6.20. The Balaban J connectivity index is 1.63. The van der Waals surface area contributed by atoms with Crippen molar-refractivity contribution in [2.75, 3.05) is 13.1 Å². The Kier molecular flexibility index (Phi) is 8.44. The number of carboxylic acid groups (broad SMARTS) is 1. The van der Waals surface area contributed by atoms with Gasteiger partial charge in [-0.3, -0.25) is 19.3 Å². The second kappa shape index (κ2) is 11.5. The standard InChI is InChI=1S/C24H27N3O4S/c1-2-15-27-23(31)20(16-21(28)25-14-7-3-4-13-22(29)30)32-24(27)26-19-12-8-10-17-9-5-6-11-18(17)19/h2,5-6,8-12,20H,1,3-4,7,13-16H2,(H,25,28)(H,29,30)/t20-/m0/s1. The summed E-state index contributed by atoms with van der Waals surface area (Å²) < 4.78 is 0. The van der Waals surface area contributed by atoms with Gasteiger partial charge in [0.25, 0.3) is 0 Å². The first-order valence-electron chi connectivity index (χ1n) is 10.6. The van der Waals surface area contributed by atoms with E-state index >= 15 is 0 Å². The summed E-state index contributed by atoms with van der Waals surface area (Å²) in [7, 11) is 0. The summed E-state index contributed by atoms with van der Waals surface area (Å²) >= 11 is 1.30. The predicted molar refractivity (Wildman–Crippen MR) is 128 cm³/mol. The van der Waals surface area contributed by atoms with Gasteiger partial charge in [-0.05, 0) is 24.3 Å². The van der Waals surface area contributed by atoms with Crippen LogP contribution in [0.15, 0.2) is 60.1 Å². The van der Waals surface area contributed by atoms with E-state index in [0.717, 1.165) is 22.9 Å². The van der Waals surface area contributed by atoms with Gasteiger partial charge in [-0.25, -0.2) is 4.99 Å². The summed E-state index contributed by atoms with van der Waals surface area (Å²) in [4.78, 5) is 42.1. The molecule has 32 heavy (non-hydrogen) atoms. The van der Waals surface area contributed by atoms with E-state index in [0.29, 0.717) is 31.1 Å². The number of aliphatic imine (C=N–C) groups is 1. The number of carboxylic acids is 1.